The summed E-state index contributed by atoms with van der Waals surface area (Å²) in [4.78, 5) is 34.1. The van der Waals surface area contributed by atoms with Crippen molar-refractivity contribution in [1.29, 1.82) is 0 Å². The monoisotopic (exact) mass is 397 g/mol. The van der Waals surface area contributed by atoms with E-state index in [4.69, 9.17) is 14.2 Å². The third-order valence-corrected chi connectivity index (χ3v) is 3.52. The quantitative estimate of drug-likeness (QED) is 0.482. The number of hydrogen-bond acceptors (Lipinski definition) is 7. The first kappa shape index (κ1) is 23.0. The summed E-state index contributed by atoms with van der Waals surface area (Å²) in [5.74, 6) is 0.338. The van der Waals surface area contributed by atoms with Crippen LogP contribution in [0.1, 0.15) is 32.8 Å². The number of nitrogens with one attached hydrogen (secondary N) is 2. The summed E-state index contributed by atoms with van der Waals surface area (Å²) in [6.07, 6.45) is -0.295. The summed E-state index contributed by atoms with van der Waals surface area (Å²) in [5, 5.41) is 16.4. The minimum absolute atomic E-state index is 0.0628. The summed E-state index contributed by atoms with van der Waals surface area (Å²) in [6, 6.07) is 2.81. The van der Waals surface area contributed by atoms with Crippen LogP contribution in [0.25, 0.3) is 0 Å². The van der Waals surface area contributed by atoms with Crippen molar-refractivity contribution in [2.45, 2.75) is 39.2 Å². The minimum Gasteiger partial charge on any atom is -0.493 e. The molecule has 0 aromatic heterocycles. The fraction of sp³-hybridized carbons (Fsp3) is 0.556. The molecule has 2 N–H and O–H groups in total. The highest BCUT2D eigenvalue weighted by Crippen LogP contribution is 2.34. The number of alkyl carbamates (subject to hydrolysis) is 1. The average Bonchev–Trinajstić information content (AvgIpc) is 2.59. The molecule has 0 bridgehead atoms. The average molecular weight is 397 g/mol. The molecule has 0 unspecified atom stereocenters. The van der Waals surface area contributed by atoms with Gasteiger partial charge in [-0.15, -0.1) is 0 Å². The summed E-state index contributed by atoms with van der Waals surface area (Å²) >= 11 is 0. The van der Waals surface area contributed by atoms with Crippen molar-refractivity contribution < 1.29 is 28.7 Å². The third-order valence-electron chi connectivity index (χ3n) is 3.52. The number of amides is 2. The minimum atomic E-state index is -0.611. The van der Waals surface area contributed by atoms with Crippen molar-refractivity contribution in [2.24, 2.45) is 0 Å². The molecule has 0 heterocycles. The van der Waals surface area contributed by atoms with E-state index in [0.717, 1.165) is 0 Å². The van der Waals surface area contributed by atoms with Crippen LogP contribution in [0, 0.1) is 10.1 Å². The highest BCUT2D eigenvalue weighted by atomic mass is 16.6. The SMILES string of the molecule is COc1cc(CCNC(=O)CCNC(=O)OC(C)(C)C)c([N+](=O)[O-])cc1OC. The van der Waals surface area contributed by atoms with Crippen LogP contribution in [0.5, 0.6) is 11.5 Å². The van der Waals surface area contributed by atoms with Gasteiger partial charge in [-0.3, -0.25) is 14.9 Å². The topological polar surface area (TPSA) is 129 Å². The Labute approximate surface area is 163 Å². The largest absolute Gasteiger partial charge is 0.493 e. The molecule has 1 aromatic rings. The molecular formula is C18H27N3O7. The van der Waals surface area contributed by atoms with E-state index in [1.807, 2.05) is 0 Å². The van der Waals surface area contributed by atoms with Crippen LogP contribution in [0.3, 0.4) is 0 Å². The lowest BCUT2D eigenvalue weighted by Gasteiger charge is -2.19. The molecule has 0 aliphatic carbocycles. The molecule has 0 radical (unpaired) electrons. The zero-order valence-corrected chi connectivity index (χ0v) is 16.8. The summed E-state index contributed by atoms with van der Waals surface area (Å²) in [5.41, 5.74) is -0.311. The van der Waals surface area contributed by atoms with Crippen LogP contribution in [-0.2, 0) is 16.0 Å². The molecule has 1 aromatic carbocycles. The van der Waals surface area contributed by atoms with Crippen molar-refractivity contribution in [1.82, 2.24) is 10.6 Å². The summed E-state index contributed by atoms with van der Waals surface area (Å²) in [7, 11) is 2.83. The first-order chi connectivity index (χ1) is 13.1. The number of methoxy groups -OCH3 is 2. The van der Waals surface area contributed by atoms with Crippen molar-refractivity contribution in [3.05, 3.63) is 27.8 Å². The maximum absolute atomic E-state index is 11.9. The number of ether oxygens (including phenoxy) is 3. The Morgan fingerprint density at radius 1 is 1.07 bits per heavy atom. The first-order valence-corrected chi connectivity index (χ1v) is 8.70. The van der Waals surface area contributed by atoms with E-state index in [0.29, 0.717) is 11.3 Å². The standard InChI is InChI=1S/C18H27N3O7/c1-18(2,3)28-17(23)20-9-7-16(22)19-8-6-12-10-14(26-4)15(27-5)11-13(12)21(24)25/h10-11H,6-9H2,1-5H3,(H,19,22)(H,20,23). The molecule has 0 fully saturated rings. The lowest BCUT2D eigenvalue weighted by atomic mass is 10.1. The smallest absolute Gasteiger partial charge is 0.407 e. The number of benzene rings is 1. The van der Waals surface area contributed by atoms with Crippen LogP contribution in [-0.4, -0.2) is 49.8 Å². The Balaban J connectivity index is 2.53. The molecule has 0 atom stereocenters. The van der Waals surface area contributed by atoms with Crippen molar-refractivity contribution in [3.8, 4) is 11.5 Å². The maximum atomic E-state index is 11.9. The second-order valence-corrected chi connectivity index (χ2v) is 6.87. The fourth-order valence-corrected chi connectivity index (χ4v) is 2.30. The second-order valence-electron chi connectivity index (χ2n) is 6.87. The first-order valence-electron chi connectivity index (χ1n) is 8.70. The Morgan fingerprint density at radius 3 is 2.21 bits per heavy atom. The van der Waals surface area contributed by atoms with E-state index in [1.54, 1.807) is 20.8 Å². The van der Waals surface area contributed by atoms with Gasteiger partial charge >= 0.3 is 6.09 Å². The van der Waals surface area contributed by atoms with E-state index in [1.165, 1.54) is 26.4 Å². The van der Waals surface area contributed by atoms with E-state index in [9.17, 15) is 19.7 Å². The Morgan fingerprint density at radius 2 is 1.68 bits per heavy atom. The van der Waals surface area contributed by atoms with Gasteiger partial charge in [0.2, 0.25) is 5.91 Å². The highest BCUT2D eigenvalue weighted by molar-refractivity contribution is 5.77. The van der Waals surface area contributed by atoms with Crippen LogP contribution >= 0.6 is 0 Å². The second kappa shape index (κ2) is 10.3. The lowest BCUT2D eigenvalue weighted by molar-refractivity contribution is -0.385. The predicted molar refractivity (Wildman–Crippen MR) is 102 cm³/mol. The molecule has 10 nitrogen and oxygen atoms in total. The molecule has 0 aliphatic heterocycles. The van der Waals surface area contributed by atoms with Gasteiger partial charge in [0, 0.05) is 25.1 Å². The molecule has 0 saturated carbocycles. The molecule has 1 rings (SSSR count). The number of carbonyl (C=O) groups is 2. The van der Waals surface area contributed by atoms with Gasteiger partial charge in [-0.2, -0.15) is 0 Å². The molecular weight excluding hydrogens is 370 g/mol. The third kappa shape index (κ3) is 7.68. The molecule has 0 spiro atoms. The molecule has 28 heavy (non-hydrogen) atoms. The van der Waals surface area contributed by atoms with Gasteiger partial charge in [-0.25, -0.2) is 4.79 Å². The highest BCUT2D eigenvalue weighted by Gasteiger charge is 2.19. The molecule has 10 heteroatoms. The van der Waals surface area contributed by atoms with Crippen LogP contribution < -0.4 is 20.1 Å². The summed E-state index contributed by atoms with van der Waals surface area (Å²) < 4.78 is 15.3. The zero-order chi connectivity index (χ0) is 21.3. The predicted octanol–water partition coefficient (Wildman–Crippen LogP) is 2.19. The number of nitro groups is 1. The van der Waals surface area contributed by atoms with Gasteiger partial charge < -0.3 is 24.8 Å². The van der Waals surface area contributed by atoms with Crippen molar-refractivity contribution in [2.75, 3.05) is 27.3 Å². The van der Waals surface area contributed by atoms with Gasteiger partial charge in [-0.1, -0.05) is 0 Å². The molecule has 2 amide bonds. The van der Waals surface area contributed by atoms with E-state index in [2.05, 4.69) is 10.6 Å². The number of carbonyl (C=O) groups excluding carboxylic acids is 2. The van der Waals surface area contributed by atoms with E-state index in [-0.39, 0.29) is 43.3 Å². The van der Waals surface area contributed by atoms with Crippen LogP contribution in [0.15, 0.2) is 12.1 Å². The zero-order valence-electron chi connectivity index (χ0n) is 16.8. The van der Waals surface area contributed by atoms with E-state index >= 15 is 0 Å². The lowest BCUT2D eigenvalue weighted by Crippen LogP contribution is -2.35. The molecule has 0 aliphatic rings. The van der Waals surface area contributed by atoms with Crippen molar-refractivity contribution in [3.63, 3.8) is 0 Å². The fourth-order valence-electron chi connectivity index (χ4n) is 2.30. The number of rotatable bonds is 9. The van der Waals surface area contributed by atoms with Crippen molar-refractivity contribution >= 4 is 17.7 Å². The number of hydrogen-bond donors (Lipinski definition) is 2. The van der Waals surface area contributed by atoms with Gasteiger partial charge in [0.15, 0.2) is 11.5 Å². The van der Waals surface area contributed by atoms with Gasteiger partial charge in [0.25, 0.3) is 5.69 Å². The van der Waals surface area contributed by atoms with Crippen LogP contribution in [0.2, 0.25) is 0 Å². The Hall–Kier alpha value is -3.04. The normalized spacial score (nSPS) is 10.8. The van der Waals surface area contributed by atoms with Gasteiger partial charge in [0.1, 0.15) is 5.60 Å². The molecule has 156 valence electrons. The maximum Gasteiger partial charge on any atom is 0.407 e. The van der Waals surface area contributed by atoms with E-state index < -0.39 is 16.6 Å². The number of nitro benzene ring substituents is 1. The summed E-state index contributed by atoms with van der Waals surface area (Å²) in [6.45, 7) is 5.55. The van der Waals surface area contributed by atoms with Crippen LogP contribution in [0.4, 0.5) is 10.5 Å². The van der Waals surface area contributed by atoms with Gasteiger partial charge in [0.05, 0.1) is 25.2 Å². The molecule has 0 saturated heterocycles. The van der Waals surface area contributed by atoms with Gasteiger partial charge in [-0.05, 0) is 33.3 Å². The Kier molecular flexibility index (Phi) is 8.49. The Bertz CT molecular complexity index is 714. The number of nitrogens with zero attached hydrogens (tertiary/aromatic N) is 1.